The summed E-state index contributed by atoms with van der Waals surface area (Å²) in [6.45, 7) is 1.59. The van der Waals surface area contributed by atoms with Gasteiger partial charge in [0, 0.05) is 11.0 Å². The number of halogens is 2. The number of para-hydroxylation sites is 1. The molecule has 6 heteroatoms. The van der Waals surface area contributed by atoms with Gasteiger partial charge in [0.05, 0.1) is 5.69 Å². The molecule has 1 aromatic heterocycles. The Morgan fingerprint density at radius 3 is 2.63 bits per heavy atom. The third-order valence-electron chi connectivity index (χ3n) is 2.45. The first-order valence-electron chi connectivity index (χ1n) is 5.64. The summed E-state index contributed by atoms with van der Waals surface area (Å²) >= 11 is 1.58. The second-order valence-corrected chi connectivity index (χ2v) is 4.70. The van der Waals surface area contributed by atoms with Crippen LogP contribution < -0.4 is 5.32 Å². The lowest BCUT2D eigenvalue weighted by atomic mass is 10.3. The standard InChI is InChI=1S/C13H13F2N3S/c1-8-16-10(13(14)15)7-12(17-8)18-9-5-3-4-6-11(9)19-2/h3-7,13H,1-2H3,(H,16,17,18). The number of anilines is 2. The van der Waals surface area contributed by atoms with Gasteiger partial charge in [-0.25, -0.2) is 18.7 Å². The molecule has 0 aliphatic carbocycles. The molecule has 0 unspecified atom stereocenters. The molecule has 2 aromatic rings. The van der Waals surface area contributed by atoms with Crippen molar-refractivity contribution in [3.05, 3.63) is 41.9 Å². The molecule has 0 bridgehead atoms. The van der Waals surface area contributed by atoms with Crippen molar-refractivity contribution in [3.63, 3.8) is 0 Å². The van der Waals surface area contributed by atoms with Gasteiger partial charge in [-0.15, -0.1) is 11.8 Å². The van der Waals surface area contributed by atoms with E-state index in [1.54, 1.807) is 18.7 Å². The molecule has 1 aromatic carbocycles. The fraction of sp³-hybridized carbons (Fsp3) is 0.231. The summed E-state index contributed by atoms with van der Waals surface area (Å²) in [5, 5.41) is 3.05. The topological polar surface area (TPSA) is 37.8 Å². The Hall–Kier alpha value is -1.69. The van der Waals surface area contributed by atoms with Gasteiger partial charge in [-0.2, -0.15) is 0 Å². The van der Waals surface area contributed by atoms with Crippen LogP contribution in [0.5, 0.6) is 0 Å². The number of thioether (sulfide) groups is 1. The van der Waals surface area contributed by atoms with Gasteiger partial charge in [-0.1, -0.05) is 12.1 Å². The van der Waals surface area contributed by atoms with Crippen LogP contribution in [-0.4, -0.2) is 16.2 Å². The van der Waals surface area contributed by atoms with Gasteiger partial charge in [0.1, 0.15) is 17.3 Å². The minimum Gasteiger partial charge on any atom is -0.339 e. The second-order valence-electron chi connectivity index (χ2n) is 3.85. The molecule has 0 fully saturated rings. The molecule has 1 heterocycles. The van der Waals surface area contributed by atoms with Crippen molar-refractivity contribution in [1.29, 1.82) is 0 Å². The van der Waals surface area contributed by atoms with E-state index in [4.69, 9.17) is 0 Å². The number of benzene rings is 1. The summed E-state index contributed by atoms with van der Waals surface area (Å²) in [7, 11) is 0. The lowest BCUT2D eigenvalue weighted by molar-refractivity contribution is 0.145. The fourth-order valence-electron chi connectivity index (χ4n) is 1.65. The van der Waals surface area contributed by atoms with Gasteiger partial charge < -0.3 is 5.32 Å². The van der Waals surface area contributed by atoms with Crippen LogP contribution in [-0.2, 0) is 0 Å². The molecule has 0 radical (unpaired) electrons. The Kier molecular flexibility index (Phi) is 4.31. The minimum absolute atomic E-state index is 0.267. The normalized spacial score (nSPS) is 10.8. The minimum atomic E-state index is -2.60. The van der Waals surface area contributed by atoms with Gasteiger partial charge in [0.25, 0.3) is 6.43 Å². The number of hydrogen-bond donors (Lipinski definition) is 1. The summed E-state index contributed by atoms with van der Waals surface area (Å²) < 4.78 is 25.4. The van der Waals surface area contributed by atoms with E-state index in [1.165, 1.54) is 6.07 Å². The Morgan fingerprint density at radius 2 is 1.95 bits per heavy atom. The zero-order chi connectivity index (χ0) is 13.8. The van der Waals surface area contributed by atoms with E-state index in [9.17, 15) is 8.78 Å². The van der Waals surface area contributed by atoms with Crippen molar-refractivity contribution in [2.45, 2.75) is 18.2 Å². The summed E-state index contributed by atoms with van der Waals surface area (Å²) in [5.74, 6) is 0.700. The summed E-state index contributed by atoms with van der Waals surface area (Å²) in [6, 6.07) is 8.91. The van der Waals surface area contributed by atoms with Crippen molar-refractivity contribution in [2.24, 2.45) is 0 Å². The largest absolute Gasteiger partial charge is 0.339 e. The Labute approximate surface area is 114 Å². The van der Waals surface area contributed by atoms with Crippen LogP contribution in [0.2, 0.25) is 0 Å². The molecule has 100 valence electrons. The monoisotopic (exact) mass is 281 g/mol. The first-order valence-corrected chi connectivity index (χ1v) is 6.86. The van der Waals surface area contributed by atoms with Crippen molar-refractivity contribution in [1.82, 2.24) is 9.97 Å². The first kappa shape index (κ1) is 13.7. The lowest BCUT2D eigenvalue weighted by Crippen LogP contribution is -2.01. The van der Waals surface area contributed by atoms with E-state index in [1.807, 2.05) is 30.5 Å². The Balaban J connectivity index is 2.32. The fourth-order valence-corrected chi connectivity index (χ4v) is 2.21. The predicted molar refractivity (Wildman–Crippen MR) is 73.2 cm³/mol. The van der Waals surface area contributed by atoms with E-state index in [2.05, 4.69) is 15.3 Å². The number of alkyl halides is 2. The highest BCUT2D eigenvalue weighted by Crippen LogP contribution is 2.28. The Morgan fingerprint density at radius 1 is 1.21 bits per heavy atom. The first-order chi connectivity index (χ1) is 9.10. The SMILES string of the molecule is CSc1ccccc1Nc1cc(C(F)F)nc(C)n1. The van der Waals surface area contributed by atoms with E-state index >= 15 is 0 Å². The molecule has 0 saturated carbocycles. The van der Waals surface area contributed by atoms with Crippen LogP contribution in [0.25, 0.3) is 0 Å². The van der Waals surface area contributed by atoms with Crippen molar-refractivity contribution >= 4 is 23.3 Å². The molecule has 0 saturated heterocycles. The maximum atomic E-state index is 12.7. The average Bonchev–Trinajstić information content (AvgIpc) is 2.38. The Bertz CT molecular complexity index is 576. The third-order valence-corrected chi connectivity index (χ3v) is 3.25. The number of rotatable bonds is 4. The smallest absolute Gasteiger partial charge is 0.280 e. The number of hydrogen-bond acceptors (Lipinski definition) is 4. The third kappa shape index (κ3) is 3.41. The highest BCUT2D eigenvalue weighted by atomic mass is 32.2. The zero-order valence-corrected chi connectivity index (χ0v) is 11.3. The summed E-state index contributed by atoms with van der Waals surface area (Å²) in [4.78, 5) is 8.86. The maximum Gasteiger partial charge on any atom is 0.280 e. The van der Waals surface area contributed by atoms with E-state index in [0.29, 0.717) is 11.6 Å². The zero-order valence-electron chi connectivity index (χ0n) is 10.5. The molecule has 0 aliphatic heterocycles. The summed E-state index contributed by atoms with van der Waals surface area (Å²) in [5.41, 5.74) is 0.574. The molecule has 1 N–H and O–H groups in total. The van der Waals surface area contributed by atoms with Gasteiger partial charge >= 0.3 is 0 Å². The van der Waals surface area contributed by atoms with E-state index in [-0.39, 0.29) is 5.69 Å². The average molecular weight is 281 g/mol. The lowest BCUT2D eigenvalue weighted by Gasteiger charge is -2.11. The molecule has 0 amide bonds. The van der Waals surface area contributed by atoms with Crippen molar-refractivity contribution in [2.75, 3.05) is 11.6 Å². The number of aryl methyl sites for hydroxylation is 1. The highest BCUT2D eigenvalue weighted by Gasteiger charge is 2.12. The van der Waals surface area contributed by atoms with Crippen molar-refractivity contribution in [3.8, 4) is 0 Å². The van der Waals surface area contributed by atoms with Crippen LogP contribution in [0.3, 0.4) is 0 Å². The molecular formula is C13H13F2N3S. The highest BCUT2D eigenvalue weighted by molar-refractivity contribution is 7.98. The number of nitrogens with zero attached hydrogens (tertiary/aromatic N) is 2. The van der Waals surface area contributed by atoms with Crippen molar-refractivity contribution < 1.29 is 8.78 Å². The predicted octanol–water partition coefficient (Wildman–Crippen LogP) is 4.19. The van der Waals surface area contributed by atoms with Crippen LogP contribution in [0, 0.1) is 6.92 Å². The molecule has 3 nitrogen and oxygen atoms in total. The second kappa shape index (κ2) is 5.97. The molecule has 19 heavy (non-hydrogen) atoms. The van der Waals surface area contributed by atoms with Gasteiger partial charge in [0.15, 0.2) is 0 Å². The van der Waals surface area contributed by atoms with Crippen LogP contribution in [0.1, 0.15) is 17.9 Å². The molecular weight excluding hydrogens is 268 g/mol. The van der Waals surface area contributed by atoms with E-state index in [0.717, 1.165) is 10.6 Å². The van der Waals surface area contributed by atoms with Gasteiger partial charge in [-0.05, 0) is 25.3 Å². The van der Waals surface area contributed by atoms with E-state index < -0.39 is 6.43 Å². The van der Waals surface area contributed by atoms with Crippen LogP contribution in [0.15, 0.2) is 35.2 Å². The van der Waals surface area contributed by atoms with Gasteiger partial charge in [0.2, 0.25) is 0 Å². The molecule has 0 spiro atoms. The number of nitrogens with one attached hydrogen (secondary N) is 1. The maximum absolute atomic E-state index is 12.7. The molecule has 0 aliphatic rings. The van der Waals surface area contributed by atoms with Gasteiger partial charge in [-0.3, -0.25) is 0 Å². The number of aromatic nitrogens is 2. The molecule has 0 atom stereocenters. The summed E-state index contributed by atoms with van der Waals surface area (Å²) in [6.07, 6.45) is -0.644. The van der Waals surface area contributed by atoms with Crippen LogP contribution >= 0.6 is 11.8 Å². The van der Waals surface area contributed by atoms with Crippen LogP contribution in [0.4, 0.5) is 20.3 Å². The quantitative estimate of drug-likeness (QED) is 0.853. The molecule has 2 rings (SSSR count).